The van der Waals surface area contributed by atoms with Gasteiger partial charge < -0.3 is 15.2 Å². The summed E-state index contributed by atoms with van der Waals surface area (Å²) in [4.78, 5) is 0. The van der Waals surface area contributed by atoms with Crippen LogP contribution in [0.3, 0.4) is 0 Å². The van der Waals surface area contributed by atoms with Crippen molar-refractivity contribution < 1.29 is 23.0 Å². The summed E-state index contributed by atoms with van der Waals surface area (Å²) in [6.45, 7) is -0.0146. The topological polar surface area (TPSA) is 41.5 Å². The Morgan fingerprint density at radius 3 is 2.65 bits per heavy atom. The van der Waals surface area contributed by atoms with Crippen LogP contribution in [0, 0.1) is 0 Å². The van der Waals surface area contributed by atoms with Gasteiger partial charge in [0, 0.05) is 18.7 Å². The molecule has 0 aliphatic rings. The fourth-order valence-corrected chi connectivity index (χ4v) is 1.33. The fourth-order valence-electron chi connectivity index (χ4n) is 1.33. The molecule has 0 unspecified atom stereocenters. The van der Waals surface area contributed by atoms with Crippen LogP contribution in [0.15, 0.2) is 18.2 Å². The number of alkyl halides is 3. The zero-order chi connectivity index (χ0) is 12.9. The highest BCUT2D eigenvalue weighted by molar-refractivity contribution is 5.45. The first-order valence-electron chi connectivity index (χ1n) is 5.06. The number of halogens is 3. The Balaban J connectivity index is 2.47. The highest BCUT2D eigenvalue weighted by Gasteiger charge is 2.25. The third kappa shape index (κ3) is 4.52. The second kappa shape index (κ2) is 5.77. The number of nitrogens with one attached hydrogen (secondary N) is 1. The predicted molar refractivity (Wildman–Crippen MR) is 57.0 cm³/mol. The zero-order valence-electron chi connectivity index (χ0n) is 9.34. The van der Waals surface area contributed by atoms with Crippen LogP contribution in [-0.2, 0) is 6.54 Å². The van der Waals surface area contributed by atoms with Crippen LogP contribution in [0.5, 0.6) is 11.5 Å². The van der Waals surface area contributed by atoms with Crippen molar-refractivity contribution in [1.29, 1.82) is 0 Å². The Morgan fingerprint density at radius 1 is 1.35 bits per heavy atom. The van der Waals surface area contributed by atoms with Gasteiger partial charge in [-0.15, -0.1) is 0 Å². The molecule has 0 saturated carbocycles. The quantitative estimate of drug-likeness (QED) is 0.787. The molecule has 0 aliphatic carbocycles. The molecule has 0 aliphatic heterocycles. The molecule has 1 aromatic rings. The molecule has 0 bridgehead atoms. The Morgan fingerprint density at radius 2 is 2.06 bits per heavy atom. The van der Waals surface area contributed by atoms with E-state index in [2.05, 4.69) is 5.32 Å². The number of benzene rings is 1. The fraction of sp³-hybridized carbons (Fsp3) is 0.455. The summed E-state index contributed by atoms with van der Waals surface area (Å²) in [5.41, 5.74) is 0.506. The molecule has 0 atom stereocenters. The van der Waals surface area contributed by atoms with Gasteiger partial charge in [0.1, 0.15) is 0 Å². The van der Waals surface area contributed by atoms with Crippen LogP contribution in [0.4, 0.5) is 13.2 Å². The summed E-state index contributed by atoms with van der Waals surface area (Å²) in [6, 6.07) is 4.87. The number of hydrogen-bond donors (Lipinski definition) is 2. The van der Waals surface area contributed by atoms with Crippen molar-refractivity contribution >= 4 is 0 Å². The van der Waals surface area contributed by atoms with Gasteiger partial charge in [0.15, 0.2) is 11.5 Å². The van der Waals surface area contributed by atoms with E-state index in [1.165, 1.54) is 7.11 Å². The average Bonchev–Trinajstić information content (AvgIpc) is 2.25. The van der Waals surface area contributed by atoms with E-state index in [0.29, 0.717) is 11.3 Å². The van der Waals surface area contributed by atoms with Gasteiger partial charge in [-0.2, -0.15) is 13.2 Å². The highest BCUT2D eigenvalue weighted by atomic mass is 19.4. The largest absolute Gasteiger partial charge is 0.504 e. The number of aromatic hydroxyl groups is 1. The van der Waals surface area contributed by atoms with Gasteiger partial charge in [-0.25, -0.2) is 0 Å². The minimum atomic E-state index is -4.16. The van der Waals surface area contributed by atoms with Crippen molar-refractivity contribution in [3.05, 3.63) is 23.8 Å². The van der Waals surface area contributed by atoms with Crippen LogP contribution in [0.1, 0.15) is 12.0 Å². The van der Waals surface area contributed by atoms with E-state index >= 15 is 0 Å². The number of methoxy groups -OCH3 is 1. The van der Waals surface area contributed by atoms with Crippen molar-refractivity contribution in [3.8, 4) is 11.5 Å². The molecule has 0 aromatic heterocycles. The first-order valence-corrected chi connectivity index (χ1v) is 5.06. The highest BCUT2D eigenvalue weighted by Crippen LogP contribution is 2.29. The van der Waals surface area contributed by atoms with E-state index in [4.69, 9.17) is 4.74 Å². The van der Waals surface area contributed by atoms with E-state index in [1.54, 1.807) is 18.2 Å². The number of phenolic OH excluding ortho intramolecular Hbond substituents is 1. The normalized spacial score (nSPS) is 11.5. The molecule has 0 heterocycles. The molecule has 0 spiro atoms. The van der Waals surface area contributed by atoms with Crippen molar-refractivity contribution in [1.82, 2.24) is 5.32 Å². The van der Waals surface area contributed by atoms with Crippen molar-refractivity contribution in [2.75, 3.05) is 13.7 Å². The minimum Gasteiger partial charge on any atom is -0.504 e. The van der Waals surface area contributed by atoms with Crippen molar-refractivity contribution in [2.45, 2.75) is 19.1 Å². The van der Waals surface area contributed by atoms with E-state index in [-0.39, 0.29) is 18.8 Å². The lowest BCUT2D eigenvalue weighted by molar-refractivity contribution is -0.133. The molecule has 0 saturated heterocycles. The van der Waals surface area contributed by atoms with E-state index in [0.717, 1.165) is 0 Å². The second-order valence-electron chi connectivity index (χ2n) is 3.51. The van der Waals surface area contributed by atoms with Crippen LogP contribution >= 0.6 is 0 Å². The summed E-state index contributed by atoms with van der Waals surface area (Å²) >= 11 is 0. The van der Waals surface area contributed by atoms with Crippen molar-refractivity contribution in [3.63, 3.8) is 0 Å². The molecule has 96 valence electrons. The Bertz CT molecular complexity index is 366. The molecule has 17 heavy (non-hydrogen) atoms. The third-order valence-electron chi connectivity index (χ3n) is 2.20. The van der Waals surface area contributed by atoms with Gasteiger partial charge in [0.25, 0.3) is 0 Å². The van der Waals surface area contributed by atoms with E-state index in [1.807, 2.05) is 0 Å². The first kappa shape index (κ1) is 13.6. The standard InChI is InChI=1S/C11H14F3NO2/c1-17-9-4-2-3-8(10(9)16)7-15-6-5-11(12,13)14/h2-4,15-16H,5-7H2,1H3. The molecule has 1 rings (SSSR count). The Labute approximate surface area is 97.2 Å². The lowest BCUT2D eigenvalue weighted by Gasteiger charge is -2.10. The molecule has 0 radical (unpaired) electrons. The molecular formula is C11H14F3NO2. The molecule has 6 heteroatoms. The van der Waals surface area contributed by atoms with Gasteiger partial charge in [0.2, 0.25) is 0 Å². The maximum absolute atomic E-state index is 11.9. The Hall–Kier alpha value is -1.43. The average molecular weight is 249 g/mol. The monoisotopic (exact) mass is 249 g/mol. The van der Waals surface area contributed by atoms with E-state index < -0.39 is 12.6 Å². The van der Waals surface area contributed by atoms with Gasteiger partial charge >= 0.3 is 6.18 Å². The lowest BCUT2D eigenvalue weighted by atomic mass is 10.2. The first-order chi connectivity index (χ1) is 7.94. The number of para-hydroxylation sites is 1. The number of rotatable bonds is 5. The van der Waals surface area contributed by atoms with Gasteiger partial charge in [-0.05, 0) is 6.07 Å². The van der Waals surface area contributed by atoms with Gasteiger partial charge in [-0.1, -0.05) is 12.1 Å². The number of phenols is 1. The van der Waals surface area contributed by atoms with E-state index in [9.17, 15) is 18.3 Å². The zero-order valence-corrected chi connectivity index (χ0v) is 9.34. The smallest absolute Gasteiger partial charge is 0.390 e. The van der Waals surface area contributed by atoms with Crippen LogP contribution < -0.4 is 10.1 Å². The maximum atomic E-state index is 11.9. The maximum Gasteiger partial charge on any atom is 0.390 e. The Kier molecular flexibility index (Phi) is 4.62. The summed E-state index contributed by atoms with van der Waals surface area (Å²) in [6.07, 6.45) is -5.05. The number of ether oxygens (including phenoxy) is 1. The molecule has 1 aromatic carbocycles. The minimum absolute atomic E-state index is 0.0468. The number of hydrogen-bond acceptors (Lipinski definition) is 3. The van der Waals surface area contributed by atoms with Crippen LogP contribution in [0.2, 0.25) is 0 Å². The van der Waals surface area contributed by atoms with Crippen molar-refractivity contribution in [2.24, 2.45) is 0 Å². The molecule has 0 fully saturated rings. The molecule has 0 amide bonds. The summed E-state index contributed by atoms with van der Waals surface area (Å²) in [5.74, 6) is 0.259. The summed E-state index contributed by atoms with van der Waals surface area (Å²) in [7, 11) is 1.41. The lowest BCUT2D eigenvalue weighted by Crippen LogP contribution is -2.21. The second-order valence-corrected chi connectivity index (χ2v) is 3.51. The van der Waals surface area contributed by atoms with Gasteiger partial charge in [0.05, 0.1) is 13.5 Å². The SMILES string of the molecule is COc1cccc(CNCCC(F)(F)F)c1O. The molecule has 3 nitrogen and oxygen atoms in total. The molecule has 2 N–H and O–H groups in total. The van der Waals surface area contributed by atoms with Gasteiger partial charge in [-0.3, -0.25) is 0 Å². The van der Waals surface area contributed by atoms with Crippen LogP contribution in [0.25, 0.3) is 0 Å². The van der Waals surface area contributed by atoms with Crippen LogP contribution in [-0.4, -0.2) is 24.9 Å². The molecular weight excluding hydrogens is 235 g/mol. The third-order valence-corrected chi connectivity index (χ3v) is 2.20. The predicted octanol–water partition coefficient (Wildman–Crippen LogP) is 2.44. The summed E-state index contributed by atoms with van der Waals surface area (Å²) in [5, 5.41) is 12.3. The summed E-state index contributed by atoms with van der Waals surface area (Å²) < 4.78 is 40.5.